The van der Waals surface area contributed by atoms with E-state index in [-0.39, 0.29) is 24.5 Å². The van der Waals surface area contributed by atoms with Gasteiger partial charge in [0.05, 0.1) is 28.0 Å². The van der Waals surface area contributed by atoms with Gasteiger partial charge in [-0.05, 0) is 61.4 Å². The van der Waals surface area contributed by atoms with Gasteiger partial charge in [0.15, 0.2) is 0 Å². The predicted octanol–water partition coefficient (Wildman–Crippen LogP) is 5.15. The SMILES string of the molecule is COc1ccc2nc(Cc3cc(C(F)(F)c4ccc(F)cc4)nc(NCCCCO)n3)sc2c1. The Balaban J connectivity index is 1.67. The number of ether oxygens (including phenoxy) is 1. The van der Waals surface area contributed by atoms with Gasteiger partial charge in [-0.2, -0.15) is 8.78 Å². The van der Waals surface area contributed by atoms with Crippen LogP contribution in [0.15, 0.2) is 48.5 Å². The molecule has 0 fully saturated rings. The van der Waals surface area contributed by atoms with Gasteiger partial charge in [0.25, 0.3) is 0 Å². The molecule has 4 aromatic rings. The zero-order valence-corrected chi connectivity index (χ0v) is 19.2. The van der Waals surface area contributed by atoms with Crippen LogP contribution in [-0.4, -0.2) is 40.3 Å². The molecule has 0 aliphatic carbocycles. The molecule has 2 N–H and O–H groups in total. The molecule has 0 bridgehead atoms. The van der Waals surface area contributed by atoms with Crippen molar-refractivity contribution in [1.29, 1.82) is 0 Å². The summed E-state index contributed by atoms with van der Waals surface area (Å²) in [4.78, 5) is 13.0. The molecule has 0 radical (unpaired) electrons. The number of unbranched alkanes of at least 4 members (excludes halogenated alkanes) is 1. The first kappa shape index (κ1) is 23.9. The second kappa shape index (κ2) is 10.4. The third-order valence-corrected chi connectivity index (χ3v) is 6.17. The molecule has 2 heterocycles. The largest absolute Gasteiger partial charge is 0.497 e. The molecule has 0 saturated carbocycles. The van der Waals surface area contributed by atoms with Gasteiger partial charge in [0.1, 0.15) is 17.3 Å². The molecule has 0 saturated heterocycles. The second-order valence-corrected chi connectivity index (χ2v) is 8.74. The van der Waals surface area contributed by atoms with Crippen molar-refractivity contribution in [3.05, 3.63) is 76.3 Å². The lowest BCUT2D eigenvalue weighted by molar-refractivity contribution is 0.0378. The minimum absolute atomic E-state index is 0.0405. The van der Waals surface area contributed by atoms with E-state index in [1.807, 2.05) is 18.2 Å². The fourth-order valence-corrected chi connectivity index (χ4v) is 4.39. The van der Waals surface area contributed by atoms with Crippen LogP contribution < -0.4 is 10.1 Å². The number of fused-ring (bicyclic) bond motifs is 1. The fourth-order valence-electron chi connectivity index (χ4n) is 3.38. The van der Waals surface area contributed by atoms with E-state index < -0.39 is 17.4 Å². The number of hydrogen-bond donors (Lipinski definition) is 2. The van der Waals surface area contributed by atoms with Crippen LogP contribution in [0.25, 0.3) is 10.2 Å². The highest BCUT2D eigenvalue weighted by atomic mass is 32.1. The number of nitrogens with zero attached hydrogens (tertiary/aromatic N) is 3. The Morgan fingerprint density at radius 2 is 1.82 bits per heavy atom. The number of alkyl halides is 2. The highest BCUT2D eigenvalue weighted by Crippen LogP contribution is 2.36. The third kappa shape index (κ3) is 5.45. The molecule has 0 unspecified atom stereocenters. The minimum atomic E-state index is -3.45. The number of anilines is 1. The van der Waals surface area contributed by atoms with E-state index in [0.29, 0.717) is 35.8 Å². The molecule has 2 aromatic carbocycles. The Hall–Kier alpha value is -3.24. The number of rotatable bonds is 10. The highest BCUT2D eigenvalue weighted by Gasteiger charge is 2.36. The van der Waals surface area contributed by atoms with E-state index >= 15 is 8.78 Å². The number of methoxy groups -OCH3 is 1. The van der Waals surface area contributed by atoms with Crippen molar-refractivity contribution >= 4 is 27.5 Å². The lowest BCUT2D eigenvalue weighted by atomic mass is 10.0. The summed E-state index contributed by atoms with van der Waals surface area (Å²) in [6, 6.07) is 10.9. The molecule has 178 valence electrons. The van der Waals surface area contributed by atoms with Crippen LogP contribution >= 0.6 is 11.3 Å². The molecular formula is C24H23F3N4O2S. The van der Waals surface area contributed by atoms with E-state index in [2.05, 4.69) is 20.3 Å². The highest BCUT2D eigenvalue weighted by molar-refractivity contribution is 7.18. The lowest BCUT2D eigenvalue weighted by Gasteiger charge is -2.18. The smallest absolute Gasteiger partial charge is 0.315 e. The van der Waals surface area contributed by atoms with Crippen LogP contribution in [0.2, 0.25) is 0 Å². The average molecular weight is 489 g/mol. The molecule has 0 spiro atoms. The minimum Gasteiger partial charge on any atom is -0.497 e. The Morgan fingerprint density at radius 3 is 2.56 bits per heavy atom. The Bertz CT molecular complexity index is 1270. The molecule has 0 atom stereocenters. The third-order valence-electron chi connectivity index (χ3n) is 5.15. The molecule has 2 aromatic heterocycles. The summed E-state index contributed by atoms with van der Waals surface area (Å²) in [5.74, 6) is -3.27. The normalized spacial score (nSPS) is 11.7. The fraction of sp³-hybridized carbons (Fsp3) is 0.292. The van der Waals surface area contributed by atoms with Crippen molar-refractivity contribution in [2.24, 2.45) is 0 Å². The first-order chi connectivity index (χ1) is 16.4. The molecule has 6 nitrogen and oxygen atoms in total. The van der Waals surface area contributed by atoms with Gasteiger partial charge in [-0.15, -0.1) is 11.3 Å². The van der Waals surface area contributed by atoms with Crippen LogP contribution in [0.1, 0.15) is 34.8 Å². The van der Waals surface area contributed by atoms with Crippen LogP contribution in [0.3, 0.4) is 0 Å². The van der Waals surface area contributed by atoms with Gasteiger partial charge in [0, 0.05) is 25.1 Å². The topological polar surface area (TPSA) is 80.2 Å². The standard InChI is InChI=1S/C24H23F3N4O2S/c1-33-18-8-9-19-20(14-18)34-22(30-19)13-17-12-21(31-23(29-17)28-10-2-3-11-32)24(26,27)15-4-6-16(25)7-5-15/h4-9,12,14,32H,2-3,10-11,13H2,1H3,(H,28,29,31). The zero-order chi connectivity index (χ0) is 24.1. The number of thiazole rings is 1. The number of hydrogen-bond acceptors (Lipinski definition) is 7. The summed E-state index contributed by atoms with van der Waals surface area (Å²) in [6.07, 6.45) is 1.44. The van der Waals surface area contributed by atoms with Gasteiger partial charge < -0.3 is 15.2 Å². The molecule has 4 rings (SSSR count). The second-order valence-electron chi connectivity index (χ2n) is 7.62. The Kier molecular flexibility index (Phi) is 7.28. The van der Waals surface area contributed by atoms with E-state index in [4.69, 9.17) is 9.84 Å². The maximum absolute atomic E-state index is 15.3. The van der Waals surface area contributed by atoms with Crippen LogP contribution in [0.4, 0.5) is 19.1 Å². The van der Waals surface area contributed by atoms with Gasteiger partial charge in [0.2, 0.25) is 5.95 Å². The first-order valence-electron chi connectivity index (χ1n) is 10.7. The summed E-state index contributed by atoms with van der Waals surface area (Å²) >= 11 is 1.43. The number of benzene rings is 2. The number of halogens is 3. The number of aromatic nitrogens is 3. The zero-order valence-electron chi connectivity index (χ0n) is 18.4. The summed E-state index contributed by atoms with van der Waals surface area (Å²) in [6.45, 7) is 0.464. The monoisotopic (exact) mass is 488 g/mol. The van der Waals surface area contributed by atoms with Gasteiger partial charge >= 0.3 is 5.92 Å². The number of nitrogens with one attached hydrogen (secondary N) is 1. The average Bonchev–Trinajstić information content (AvgIpc) is 3.23. The predicted molar refractivity (Wildman–Crippen MR) is 125 cm³/mol. The molecule has 0 aliphatic heterocycles. The van der Waals surface area contributed by atoms with Crippen molar-refractivity contribution in [1.82, 2.24) is 15.0 Å². The van der Waals surface area contributed by atoms with E-state index in [1.165, 1.54) is 17.4 Å². The summed E-state index contributed by atoms with van der Waals surface area (Å²) in [5, 5.41) is 12.6. The van der Waals surface area contributed by atoms with Crippen molar-refractivity contribution < 1.29 is 23.0 Å². The maximum atomic E-state index is 15.3. The Morgan fingerprint density at radius 1 is 1.03 bits per heavy atom. The van der Waals surface area contributed by atoms with Crippen molar-refractivity contribution in [3.8, 4) is 5.75 Å². The molecule has 0 aliphatic rings. The number of aliphatic hydroxyl groups excluding tert-OH is 1. The molecule has 34 heavy (non-hydrogen) atoms. The van der Waals surface area contributed by atoms with Crippen LogP contribution in [0, 0.1) is 5.82 Å². The van der Waals surface area contributed by atoms with E-state index in [0.717, 1.165) is 34.5 Å². The molecule has 10 heteroatoms. The summed E-state index contributed by atoms with van der Waals surface area (Å²) in [7, 11) is 1.59. The van der Waals surface area contributed by atoms with E-state index in [1.54, 1.807) is 7.11 Å². The quantitative estimate of drug-likeness (QED) is 0.301. The van der Waals surface area contributed by atoms with Gasteiger partial charge in [-0.25, -0.2) is 19.3 Å². The summed E-state index contributed by atoms with van der Waals surface area (Å²) < 4.78 is 50.1. The van der Waals surface area contributed by atoms with E-state index in [9.17, 15) is 4.39 Å². The van der Waals surface area contributed by atoms with Crippen LogP contribution in [-0.2, 0) is 12.3 Å². The lowest BCUT2D eigenvalue weighted by Crippen LogP contribution is -2.20. The van der Waals surface area contributed by atoms with Crippen molar-refractivity contribution in [2.45, 2.75) is 25.2 Å². The Labute approximate surface area is 198 Å². The van der Waals surface area contributed by atoms with Crippen molar-refractivity contribution in [2.75, 3.05) is 25.6 Å². The van der Waals surface area contributed by atoms with Crippen LogP contribution in [0.5, 0.6) is 5.75 Å². The summed E-state index contributed by atoms with van der Waals surface area (Å²) in [5.41, 5.74) is 0.310. The first-order valence-corrected chi connectivity index (χ1v) is 11.5. The van der Waals surface area contributed by atoms with Gasteiger partial charge in [-0.1, -0.05) is 0 Å². The van der Waals surface area contributed by atoms with Gasteiger partial charge in [-0.3, -0.25) is 0 Å². The maximum Gasteiger partial charge on any atom is 0.315 e. The molecule has 0 amide bonds. The number of aliphatic hydroxyl groups is 1. The molecular weight excluding hydrogens is 465 g/mol. The van der Waals surface area contributed by atoms with Crippen molar-refractivity contribution in [3.63, 3.8) is 0 Å².